The van der Waals surface area contributed by atoms with Crippen molar-refractivity contribution in [3.63, 3.8) is 0 Å². The zero-order chi connectivity index (χ0) is 18.8. The molecular formula is C19H16ClF2N3O. The highest BCUT2D eigenvalue weighted by atomic mass is 35.5. The number of nitrogens with zero attached hydrogens (tertiary/aromatic N) is 2. The van der Waals surface area contributed by atoms with Crippen LogP contribution in [-0.4, -0.2) is 15.7 Å². The lowest BCUT2D eigenvalue weighted by Gasteiger charge is -2.07. The molecule has 0 aliphatic heterocycles. The Balaban J connectivity index is 1.83. The molecule has 0 fully saturated rings. The molecule has 1 amide bonds. The Morgan fingerprint density at radius 3 is 2.50 bits per heavy atom. The third-order valence-corrected chi connectivity index (χ3v) is 4.35. The van der Waals surface area contributed by atoms with Crippen LogP contribution in [0.15, 0.2) is 42.5 Å². The molecule has 1 N–H and O–H groups in total. The SMILES string of the molecule is Cc1ccc(NC(=O)c2c(C)nn(Cc3ccc(F)cc3)c2Cl)cc1F. The first-order chi connectivity index (χ1) is 12.3. The summed E-state index contributed by atoms with van der Waals surface area (Å²) in [4.78, 5) is 12.5. The topological polar surface area (TPSA) is 46.9 Å². The van der Waals surface area contributed by atoms with Gasteiger partial charge >= 0.3 is 0 Å². The number of amides is 1. The van der Waals surface area contributed by atoms with Crippen molar-refractivity contribution in [1.29, 1.82) is 0 Å². The van der Waals surface area contributed by atoms with Crippen molar-refractivity contribution < 1.29 is 13.6 Å². The Bertz CT molecular complexity index is 968. The van der Waals surface area contributed by atoms with Crippen molar-refractivity contribution >= 4 is 23.2 Å². The summed E-state index contributed by atoms with van der Waals surface area (Å²) in [6.07, 6.45) is 0. The van der Waals surface area contributed by atoms with Gasteiger partial charge in [0.15, 0.2) is 0 Å². The normalized spacial score (nSPS) is 10.8. The van der Waals surface area contributed by atoms with Gasteiger partial charge in [0, 0.05) is 5.69 Å². The second kappa shape index (κ2) is 7.25. The van der Waals surface area contributed by atoms with Crippen molar-refractivity contribution in [2.45, 2.75) is 20.4 Å². The smallest absolute Gasteiger partial charge is 0.260 e. The van der Waals surface area contributed by atoms with Crippen LogP contribution in [0.5, 0.6) is 0 Å². The van der Waals surface area contributed by atoms with E-state index in [9.17, 15) is 13.6 Å². The van der Waals surface area contributed by atoms with Crippen LogP contribution in [0.25, 0.3) is 0 Å². The van der Waals surface area contributed by atoms with Crippen molar-refractivity contribution in [2.75, 3.05) is 5.32 Å². The maximum Gasteiger partial charge on any atom is 0.260 e. The molecule has 0 saturated heterocycles. The number of aryl methyl sites for hydroxylation is 2. The summed E-state index contributed by atoms with van der Waals surface area (Å²) in [5, 5.41) is 7.07. The highest BCUT2D eigenvalue weighted by molar-refractivity contribution is 6.33. The number of aromatic nitrogens is 2. The Labute approximate surface area is 154 Å². The van der Waals surface area contributed by atoms with Crippen molar-refractivity contribution in [3.05, 3.63) is 81.6 Å². The number of hydrogen-bond donors (Lipinski definition) is 1. The van der Waals surface area contributed by atoms with Gasteiger partial charge in [0.05, 0.1) is 17.8 Å². The molecule has 0 radical (unpaired) electrons. The average molecular weight is 376 g/mol. The zero-order valence-electron chi connectivity index (χ0n) is 14.2. The van der Waals surface area contributed by atoms with Gasteiger partial charge in [-0.15, -0.1) is 0 Å². The summed E-state index contributed by atoms with van der Waals surface area (Å²) in [7, 11) is 0. The van der Waals surface area contributed by atoms with Crippen LogP contribution in [0.4, 0.5) is 14.5 Å². The number of nitrogens with one attached hydrogen (secondary N) is 1. The molecule has 1 aromatic heterocycles. The van der Waals surface area contributed by atoms with E-state index in [1.54, 1.807) is 38.1 Å². The summed E-state index contributed by atoms with van der Waals surface area (Å²) in [6.45, 7) is 3.60. The van der Waals surface area contributed by atoms with E-state index in [2.05, 4.69) is 10.4 Å². The fraction of sp³-hybridized carbons (Fsp3) is 0.158. The molecule has 2 aromatic carbocycles. The summed E-state index contributed by atoms with van der Waals surface area (Å²) in [5.74, 6) is -1.21. The lowest BCUT2D eigenvalue weighted by Crippen LogP contribution is -2.13. The van der Waals surface area contributed by atoms with Gasteiger partial charge in [-0.3, -0.25) is 4.79 Å². The number of carbonyl (C=O) groups excluding carboxylic acids is 1. The molecule has 26 heavy (non-hydrogen) atoms. The van der Waals surface area contributed by atoms with Crippen molar-refractivity contribution in [2.24, 2.45) is 0 Å². The second-order valence-corrected chi connectivity index (χ2v) is 6.31. The van der Waals surface area contributed by atoms with Crippen LogP contribution in [0.2, 0.25) is 5.15 Å². The zero-order valence-corrected chi connectivity index (χ0v) is 14.9. The van der Waals surface area contributed by atoms with Gasteiger partial charge in [-0.1, -0.05) is 29.8 Å². The minimum absolute atomic E-state index is 0.164. The monoisotopic (exact) mass is 375 g/mol. The number of hydrogen-bond acceptors (Lipinski definition) is 2. The quantitative estimate of drug-likeness (QED) is 0.716. The minimum Gasteiger partial charge on any atom is -0.322 e. The fourth-order valence-electron chi connectivity index (χ4n) is 2.54. The van der Waals surface area contributed by atoms with Crippen molar-refractivity contribution in [3.8, 4) is 0 Å². The van der Waals surface area contributed by atoms with E-state index < -0.39 is 11.7 Å². The molecule has 0 saturated carbocycles. The molecule has 134 valence electrons. The van der Waals surface area contributed by atoms with Gasteiger partial charge in [0.1, 0.15) is 16.8 Å². The molecule has 3 rings (SSSR count). The van der Waals surface area contributed by atoms with Crippen LogP contribution in [0.1, 0.15) is 27.2 Å². The Hall–Kier alpha value is -2.73. The fourth-order valence-corrected chi connectivity index (χ4v) is 2.86. The Morgan fingerprint density at radius 1 is 1.15 bits per heavy atom. The molecule has 0 bridgehead atoms. The predicted octanol–water partition coefficient (Wildman–Crippen LogP) is 4.73. The Morgan fingerprint density at radius 2 is 1.85 bits per heavy atom. The van der Waals surface area contributed by atoms with Crippen molar-refractivity contribution in [1.82, 2.24) is 9.78 Å². The third-order valence-electron chi connectivity index (χ3n) is 3.97. The van der Waals surface area contributed by atoms with Crippen LogP contribution in [0, 0.1) is 25.5 Å². The van der Waals surface area contributed by atoms with Crippen LogP contribution < -0.4 is 5.32 Å². The van der Waals surface area contributed by atoms with Gasteiger partial charge < -0.3 is 5.32 Å². The molecule has 0 aliphatic carbocycles. The third kappa shape index (κ3) is 3.75. The number of carbonyl (C=O) groups is 1. The predicted molar refractivity (Wildman–Crippen MR) is 96.6 cm³/mol. The molecule has 7 heteroatoms. The first-order valence-electron chi connectivity index (χ1n) is 7.90. The molecule has 4 nitrogen and oxygen atoms in total. The number of halogens is 3. The van der Waals surface area contributed by atoms with Crippen LogP contribution in [0.3, 0.4) is 0 Å². The van der Waals surface area contributed by atoms with Gasteiger partial charge in [0.25, 0.3) is 5.91 Å². The van der Waals surface area contributed by atoms with E-state index in [0.717, 1.165) is 5.56 Å². The second-order valence-electron chi connectivity index (χ2n) is 5.95. The van der Waals surface area contributed by atoms with Gasteiger partial charge in [0.2, 0.25) is 0 Å². The highest BCUT2D eigenvalue weighted by Gasteiger charge is 2.21. The summed E-state index contributed by atoms with van der Waals surface area (Å²) >= 11 is 6.32. The van der Waals surface area contributed by atoms with E-state index in [0.29, 0.717) is 23.5 Å². The molecule has 0 unspecified atom stereocenters. The number of rotatable bonds is 4. The number of benzene rings is 2. The van der Waals surface area contributed by atoms with Gasteiger partial charge in [-0.2, -0.15) is 5.10 Å². The molecule has 3 aromatic rings. The van der Waals surface area contributed by atoms with E-state index in [4.69, 9.17) is 11.6 Å². The summed E-state index contributed by atoms with van der Waals surface area (Å²) in [5.41, 5.74) is 2.28. The highest BCUT2D eigenvalue weighted by Crippen LogP contribution is 2.23. The Kier molecular flexibility index (Phi) is 5.04. The minimum atomic E-state index is -0.471. The van der Waals surface area contributed by atoms with E-state index in [-0.39, 0.29) is 16.5 Å². The molecule has 0 atom stereocenters. The summed E-state index contributed by atoms with van der Waals surface area (Å²) < 4.78 is 28.1. The number of anilines is 1. The van der Waals surface area contributed by atoms with Crippen LogP contribution >= 0.6 is 11.6 Å². The largest absolute Gasteiger partial charge is 0.322 e. The van der Waals surface area contributed by atoms with Gasteiger partial charge in [-0.05, 0) is 49.2 Å². The molecule has 0 spiro atoms. The molecular weight excluding hydrogens is 360 g/mol. The van der Waals surface area contributed by atoms with Gasteiger partial charge in [-0.25, -0.2) is 13.5 Å². The van der Waals surface area contributed by atoms with E-state index >= 15 is 0 Å². The lowest BCUT2D eigenvalue weighted by molar-refractivity contribution is 0.102. The van der Waals surface area contributed by atoms with E-state index in [1.165, 1.54) is 22.9 Å². The summed E-state index contributed by atoms with van der Waals surface area (Å²) in [6, 6.07) is 10.4. The molecule has 1 heterocycles. The standard InChI is InChI=1S/C19H16ClF2N3O/c1-11-3-8-15(9-16(11)22)23-19(26)17-12(2)24-25(18(17)20)10-13-4-6-14(21)7-5-13/h3-9H,10H2,1-2H3,(H,23,26). The first-order valence-corrected chi connectivity index (χ1v) is 8.28. The molecule has 0 aliphatic rings. The average Bonchev–Trinajstić information content (AvgIpc) is 2.87. The maximum atomic E-state index is 13.6. The van der Waals surface area contributed by atoms with E-state index in [1.807, 2.05) is 0 Å². The maximum absolute atomic E-state index is 13.6. The first kappa shape index (κ1) is 18.1. The van der Waals surface area contributed by atoms with Crippen LogP contribution in [-0.2, 0) is 6.54 Å². The lowest BCUT2D eigenvalue weighted by atomic mass is 10.2.